The van der Waals surface area contributed by atoms with Crippen LogP contribution in [0.3, 0.4) is 0 Å². The Labute approximate surface area is 126 Å². The molecule has 4 nitrogen and oxygen atoms in total. The van der Waals surface area contributed by atoms with Crippen LogP contribution in [0, 0.1) is 0 Å². The van der Waals surface area contributed by atoms with Gasteiger partial charge in [0.25, 0.3) is 0 Å². The summed E-state index contributed by atoms with van der Waals surface area (Å²) in [5.41, 5.74) is 7.89. The van der Waals surface area contributed by atoms with Crippen LogP contribution in [0.1, 0.15) is 44.1 Å². The van der Waals surface area contributed by atoms with Gasteiger partial charge in [0.1, 0.15) is 5.75 Å². The molecule has 0 saturated heterocycles. The van der Waals surface area contributed by atoms with Crippen LogP contribution in [0.4, 0.5) is 5.69 Å². The number of benzene rings is 1. The van der Waals surface area contributed by atoms with Crippen molar-refractivity contribution in [2.45, 2.75) is 50.5 Å². The third-order valence-electron chi connectivity index (χ3n) is 4.82. The Kier molecular flexibility index (Phi) is 3.89. The van der Waals surface area contributed by atoms with Gasteiger partial charge in [0.2, 0.25) is 5.91 Å². The van der Waals surface area contributed by atoms with E-state index in [9.17, 15) is 4.79 Å². The molecule has 1 aliphatic carbocycles. The zero-order chi connectivity index (χ0) is 14.9. The van der Waals surface area contributed by atoms with E-state index < -0.39 is 5.54 Å². The van der Waals surface area contributed by atoms with Crippen molar-refractivity contribution >= 4 is 11.6 Å². The van der Waals surface area contributed by atoms with Crippen molar-refractivity contribution in [1.29, 1.82) is 0 Å². The first-order valence-corrected chi connectivity index (χ1v) is 7.92. The second-order valence-corrected chi connectivity index (χ2v) is 6.25. The van der Waals surface area contributed by atoms with Crippen LogP contribution in [-0.4, -0.2) is 25.1 Å². The number of carbonyl (C=O) groups excluding carboxylic acids is 1. The topological polar surface area (TPSA) is 55.6 Å². The zero-order valence-electron chi connectivity index (χ0n) is 12.7. The van der Waals surface area contributed by atoms with Crippen LogP contribution >= 0.6 is 0 Å². The van der Waals surface area contributed by atoms with Gasteiger partial charge in [-0.3, -0.25) is 4.79 Å². The summed E-state index contributed by atoms with van der Waals surface area (Å²) >= 11 is 0. The number of rotatable bonds is 2. The minimum absolute atomic E-state index is 0.0765. The predicted molar refractivity (Wildman–Crippen MR) is 83.7 cm³/mol. The highest BCUT2D eigenvalue weighted by molar-refractivity contribution is 6.02. The molecule has 1 heterocycles. The van der Waals surface area contributed by atoms with Crippen LogP contribution in [0.25, 0.3) is 0 Å². The number of amides is 1. The maximum atomic E-state index is 13.1. The lowest BCUT2D eigenvalue weighted by molar-refractivity contribution is -0.124. The molecule has 1 aromatic rings. The second-order valence-electron chi connectivity index (χ2n) is 6.25. The molecule has 0 unspecified atom stereocenters. The lowest BCUT2D eigenvalue weighted by Gasteiger charge is -2.39. The van der Waals surface area contributed by atoms with Crippen LogP contribution in [0.2, 0.25) is 0 Å². The van der Waals surface area contributed by atoms with Crippen molar-refractivity contribution in [3.63, 3.8) is 0 Å². The van der Waals surface area contributed by atoms with Crippen molar-refractivity contribution in [3.8, 4) is 5.75 Å². The Hall–Kier alpha value is -1.55. The summed E-state index contributed by atoms with van der Waals surface area (Å²) in [4.78, 5) is 14.9. The Morgan fingerprint density at radius 3 is 2.71 bits per heavy atom. The molecule has 0 spiro atoms. The molecule has 1 aliphatic heterocycles. The van der Waals surface area contributed by atoms with E-state index in [1.54, 1.807) is 7.11 Å². The Morgan fingerprint density at radius 2 is 2.00 bits per heavy atom. The van der Waals surface area contributed by atoms with Crippen LogP contribution in [-0.2, 0) is 11.2 Å². The summed E-state index contributed by atoms with van der Waals surface area (Å²) in [6.45, 7) is 0.741. The highest BCUT2D eigenvalue weighted by Gasteiger charge is 2.40. The summed E-state index contributed by atoms with van der Waals surface area (Å²) in [6, 6.07) is 6.00. The van der Waals surface area contributed by atoms with Gasteiger partial charge in [0.05, 0.1) is 18.3 Å². The molecule has 1 fully saturated rings. The van der Waals surface area contributed by atoms with E-state index in [4.69, 9.17) is 10.5 Å². The van der Waals surface area contributed by atoms with Gasteiger partial charge in [-0.15, -0.1) is 0 Å². The van der Waals surface area contributed by atoms with Crippen molar-refractivity contribution in [2.75, 3.05) is 18.6 Å². The highest BCUT2D eigenvalue weighted by Crippen LogP contribution is 2.38. The van der Waals surface area contributed by atoms with Gasteiger partial charge in [-0.1, -0.05) is 31.4 Å². The van der Waals surface area contributed by atoms with E-state index >= 15 is 0 Å². The van der Waals surface area contributed by atoms with Crippen LogP contribution < -0.4 is 15.4 Å². The number of nitrogens with two attached hydrogens (primary N) is 1. The molecule has 2 aliphatic rings. The third-order valence-corrected chi connectivity index (χ3v) is 4.82. The molecule has 0 radical (unpaired) electrons. The molecule has 21 heavy (non-hydrogen) atoms. The number of carbonyl (C=O) groups is 1. The van der Waals surface area contributed by atoms with E-state index in [-0.39, 0.29) is 5.91 Å². The van der Waals surface area contributed by atoms with Gasteiger partial charge in [-0.05, 0) is 37.3 Å². The largest absolute Gasteiger partial charge is 0.495 e. The van der Waals surface area contributed by atoms with Crippen molar-refractivity contribution in [3.05, 3.63) is 23.8 Å². The molecule has 4 heteroatoms. The van der Waals surface area contributed by atoms with E-state index in [1.165, 1.54) is 12.0 Å². The fraction of sp³-hybridized carbons (Fsp3) is 0.588. The summed E-state index contributed by atoms with van der Waals surface area (Å²) in [5.74, 6) is 0.854. The fourth-order valence-electron chi connectivity index (χ4n) is 3.65. The summed E-state index contributed by atoms with van der Waals surface area (Å²) in [6.07, 6.45) is 6.87. The predicted octanol–water partition coefficient (Wildman–Crippen LogP) is 2.64. The molecular formula is C17H24N2O2. The first-order valence-electron chi connectivity index (χ1n) is 7.92. The molecule has 3 rings (SSSR count). The van der Waals surface area contributed by atoms with Gasteiger partial charge >= 0.3 is 0 Å². The smallest absolute Gasteiger partial charge is 0.247 e. The second kappa shape index (κ2) is 5.68. The van der Waals surface area contributed by atoms with Crippen molar-refractivity contribution in [2.24, 2.45) is 5.73 Å². The van der Waals surface area contributed by atoms with Crippen molar-refractivity contribution < 1.29 is 9.53 Å². The number of nitrogens with zero attached hydrogens (tertiary/aromatic N) is 1. The summed E-state index contributed by atoms with van der Waals surface area (Å²) < 4.78 is 5.48. The normalized spacial score (nSPS) is 20.8. The Bertz CT molecular complexity index is 521. The van der Waals surface area contributed by atoms with Gasteiger partial charge in [-0.2, -0.15) is 0 Å². The Balaban J connectivity index is 1.96. The fourth-order valence-corrected chi connectivity index (χ4v) is 3.65. The minimum atomic E-state index is -0.687. The quantitative estimate of drug-likeness (QED) is 0.910. The number of para-hydroxylation sites is 1. The molecule has 1 aromatic carbocycles. The molecular weight excluding hydrogens is 264 g/mol. The number of fused-ring (bicyclic) bond motifs is 1. The summed E-state index contributed by atoms with van der Waals surface area (Å²) in [7, 11) is 1.66. The zero-order valence-corrected chi connectivity index (χ0v) is 12.7. The number of methoxy groups -OCH3 is 1. The van der Waals surface area contributed by atoms with Gasteiger partial charge < -0.3 is 15.4 Å². The molecule has 0 bridgehead atoms. The lowest BCUT2D eigenvalue weighted by Crippen LogP contribution is -2.57. The molecule has 2 N–H and O–H groups in total. The molecule has 1 amide bonds. The standard InChI is InChI=1S/C17H24N2O2/c1-21-14-9-5-7-13-8-6-12-19(15(13)14)16(20)17(18)10-3-2-4-11-17/h5,7,9H,2-4,6,8,10-12,18H2,1H3. The first kappa shape index (κ1) is 14.4. The molecule has 114 valence electrons. The SMILES string of the molecule is COc1cccc2c1N(C(=O)C1(N)CCCCC1)CCC2. The van der Waals surface area contributed by atoms with E-state index in [0.717, 1.165) is 56.5 Å². The van der Waals surface area contributed by atoms with Crippen LogP contribution in [0.5, 0.6) is 5.75 Å². The Morgan fingerprint density at radius 1 is 1.24 bits per heavy atom. The summed E-state index contributed by atoms with van der Waals surface area (Å²) in [5, 5.41) is 0. The lowest BCUT2D eigenvalue weighted by atomic mass is 9.81. The highest BCUT2D eigenvalue weighted by atomic mass is 16.5. The maximum Gasteiger partial charge on any atom is 0.247 e. The average Bonchev–Trinajstić information content (AvgIpc) is 2.53. The molecule has 0 atom stereocenters. The molecule has 0 aromatic heterocycles. The average molecular weight is 288 g/mol. The van der Waals surface area contributed by atoms with E-state index in [0.29, 0.717) is 0 Å². The maximum absolute atomic E-state index is 13.1. The van der Waals surface area contributed by atoms with E-state index in [1.807, 2.05) is 17.0 Å². The minimum Gasteiger partial charge on any atom is -0.495 e. The number of ether oxygens (including phenoxy) is 1. The van der Waals surface area contributed by atoms with E-state index in [2.05, 4.69) is 6.07 Å². The number of aryl methyl sites for hydroxylation is 1. The third kappa shape index (κ3) is 2.53. The number of hydrogen-bond donors (Lipinski definition) is 1. The first-order chi connectivity index (χ1) is 10.2. The number of hydrogen-bond acceptors (Lipinski definition) is 3. The van der Waals surface area contributed by atoms with Gasteiger partial charge in [-0.25, -0.2) is 0 Å². The van der Waals surface area contributed by atoms with Crippen molar-refractivity contribution in [1.82, 2.24) is 0 Å². The van der Waals surface area contributed by atoms with Gasteiger partial charge in [0.15, 0.2) is 0 Å². The number of anilines is 1. The van der Waals surface area contributed by atoms with Crippen LogP contribution in [0.15, 0.2) is 18.2 Å². The van der Waals surface area contributed by atoms with Gasteiger partial charge in [0, 0.05) is 6.54 Å². The molecule has 1 saturated carbocycles. The monoisotopic (exact) mass is 288 g/mol.